The van der Waals surface area contributed by atoms with E-state index in [9.17, 15) is 0 Å². The van der Waals surface area contributed by atoms with E-state index >= 15 is 0 Å². The average molecular weight is 190 g/mol. The van der Waals surface area contributed by atoms with Gasteiger partial charge in [-0.1, -0.05) is 30.9 Å². The zero-order valence-corrected chi connectivity index (χ0v) is 9.44. The average Bonchev–Trinajstić information content (AvgIpc) is 3.00. The quantitative estimate of drug-likeness (QED) is 0.495. The number of hydrogen-bond donors (Lipinski definition) is 0. The van der Waals surface area contributed by atoms with Crippen molar-refractivity contribution in [3.05, 3.63) is 11.1 Å². The van der Waals surface area contributed by atoms with Crippen molar-refractivity contribution < 1.29 is 0 Å². The van der Waals surface area contributed by atoms with Crippen molar-refractivity contribution in [2.45, 2.75) is 64.7 Å². The number of fused-ring (bicyclic) bond motifs is 1. The van der Waals surface area contributed by atoms with E-state index in [1.807, 2.05) is 11.1 Å². The van der Waals surface area contributed by atoms with Crippen LogP contribution < -0.4 is 0 Å². The van der Waals surface area contributed by atoms with Crippen LogP contribution in [0.25, 0.3) is 0 Å². The molecule has 3 aliphatic rings. The van der Waals surface area contributed by atoms with E-state index < -0.39 is 0 Å². The molecule has 0 nitrogen and oxygen atoms in total. The Morgan fingerprint density at radius 1 is 1.00 bits per heavy atom. The van der Waals surface area contributed by atoms with Crippen molar-refractivity contribution in [1.29, 1.82) is 0 Å². The maximum absolute atomic E-state index is 2.56. The van der Waals surface area contributed by atoms with E-state index in [4.69, 9.17) is 0 Å². The molecule has 0 heteroatoms. The Labute approximate surface area is 87.8 Å². The lowest BCUT2D eigenvalue weighted by Crippen LogP contribution is -2.34. The van der Waals surface area contributed by atoms with Crippen LogP contribution in [-0.4, -0.2) is 0 Å². The Hall–Kier alpha value is -0.260. The van der Waals surface area contributed by atoms with Crippen molar-refractivity contribution in [2.75, 3.05) is 0 Å². The molecule has 0 bridgehead atoms. The van der Waals surface area contributed by atoms with Crippen LogP contribution in [0.5, 0.6) is 0 Å². The highest BCUT2D eigenvalue weighted by atomic mass is 14.5. The summed E-state index contributed by atoms with van der Waals surface area (Å²) in [6.07, 6.45) is 13.3. The van der Waals surface area contributed by atoms with Gasteiger partial charge in [-0.3, -0.25) is 0 Å². The molecule has 0 aromatic carbocycles. The Bertz CT molecular complexity index is 268. The first-order valence-corrected chi connectivity index (χ1v) is 6.48. The highest BCUT2D eigenvalue weighted by Gasteiger charge is 2.40. The predicted octanol–water partition coefficient (Wildman–Crippen LogP) is 4.46. The molecule has 3 rings (SSSR count). The molecule has 2 unspecified atom stereocenters. The minimum atomic E-state index is 0.733. The van der Waals surface area contributed by atoms with E-state index in [0.29, 0.717) is 0 Å². The summed E-state index contributed by atoms with van der Waals surface area (Å²) >= 11 is 0. The minimum absolute atomic E-state index is 0.733. The van der Waals surface area contributed by atoms with E-state index in [1.165, 1.54) is 57.8 Å². The normalized spacial score (nSPS) is 42.2. The standard InChI is InChI=1S/C14H22/c1-14-8-3-2-4-13(14)10-12(7-9-14)11-5-6-11/h13H,2-10H2,1H3. The van der Waals surface area contributed by atoms with Gasteiger partial charge in [0.15, 0.2) is 0 Å². The molecular weight excluding hydrogens is 168 g/mol. The Balaban J connectivity index is 1.79. The molecule has 0 amide bonds. The van der Waals surface area contributed by atoms with Gasteiger partial charge in [-0.15, -0.1) is 0 Å². The van der Waals surface area contributed by atoms with Crippen LogP contribution in [0.1, 0.15) is 64.7 Å². The third-order valence-electron chi connectivity index (χ3n) is 5.03. The van der Waals surface area contributed by atoms with Gasteiger partial charge in [0.1, 0.15) is 0 Å². The highest BCUT2D eigenvalue weighted by Crippen LogP contribution is 2.53. The molecule has 0 heterocycles. The van der Waals surface area contributed by atoms with Crippen LogP contribution in [0.3, 0.4) is 0 Å². The topological polar surface area (TPSA) is 0 Å². The van der Waals surface area contributed by atoms with Crippen LogP contribution in [0, 0.1) is 11.3 Å². The first-order valence-electron chi connectivity index (χ1n) is 6.48. The van der Waals surface area contributed by atoms with Crippen LogP contribution in [0.4, 0.5) is 0 Å². The van der Waals surface area contributed by atoms with E-state index in [0.717, 1.165) is 11.3 Å². The van der Waals surface area contributed by atoms with Crippen LogP contribution in [-0.2, 0) is 0 Å². The van der Waals surface area contributed by atoms with Gasteiger partial charge in [-0.2, -0.15) is 0 Å². The zero-order valence-electron chi connectivity index (χ0n) is 9.44. The van der Waals surface area contributed by atoms with Crippen LogP contribution in [0.15, 0.2) is 11.1 Å². The van der Waals surface area contributed by atoms with Gasteiger partial charge < -0.3 is 0 Å². The minimum Gasteiger partial charge on any atom is -0.0707 e. The van der Waals surface area contributed by atoms with Gasteiger partial charge in [-0.25, -0.2) is 0 Å². The molecule has 3 fully saturated rings. The summed E-state index contributed by atoms with van der Waals surface area (Å²) in [5.74, 6) is 1.05. The summed E-state index contributed by atoms with van der Waals surface area (Å²) in [5.41, 5.74) is 4.46. The summed E-state index contributed by atoms with van der Waals surface area (Å²) in [7, 11) is 0. The summed E-state index contributed by atoms with van der Waals surface area (Å²) in [5, 5.41) is 0. The lowest BCUT2D eigenvalue weighted by atomic mass is 9.59. The Morgan fingerprint density at radius 2 is 1.86 bits per heavy atom. The third-order valence-corrected chi connectivity index (χ3v) is 5.03. The van der Waals surface area contributed by atoms with Crippen LogP contribution >= 0.6 is 0 Å². The van der Waals surface area contributed by atoms with Crippen molar-refractivity contribution >= 4 is 0 Å². The fourth-order valence-electron chi connectivity index (χ4n) is 3.72. The van der Waals surface area contributed by atoms with Crippen molar-refractivity contribution in [2.24, 2.45) is 11.3 Å². The second-order valence-corrected chi connectivity index (χ2v) is 6.01. The summed E-state index contributed by atoms with van der Waals surface area (Å²) in [6.45, 7) is 2.56. The van der Waals surface area contributed by atoms with E-state index in [2.05, 4.69) is 6.92 Å². The Morgan fingerprint density at radius 3 is 2.64 bits per heavy atom. The highest BCUT2D eigenvalue weighted by molar-refractivity contribution is 5.27. The molecule has 3 aliphatic carbocycles. The predicted molar refractivity (Wildman–Crippen MR) is 60.2 cm³/mol. The molecule has 2 atom stereocenters. The molecule has 0 saturated heterocycles. The number of allylic oxidation sites excluding steroid dienone is 2. The van der Waals surface area contributed by atoms with Gasteiger partial charge in [-0.05, 0) is 56.3 Å². The molecule has 0 spiro atoms. The maximum Gasteiger partial charge on any atom is -0.0280 e. The molecule has 0 aromatic heterocycles. The lowest BCUT2D eigenvalue weighted by Gasteiger charge is -2.46. The van der Waals surface area contributed by atoms with Crippen molar-refractivity contribution in [3.63, 3.8) is 0 Å². The number of hydrogen-bond acceptors (Lipinski definition) is 0. The monoisotopic (exact) mass is 190 g/mol. The fourth-order valence-corrected chi connectivity index (χ4v) is 3.72. The maximum atomic E-state index is 2.56. The molecule has 0 N–H and O–H groups in total. The molecule has 78 valence electrons. The zero-order chi connectivity index (χ0) is 9.60. The molecule has 0 aromatic rings. The first kappa shape index (κ1) is 9.00. The van der Waals surface area contributed by atoms with Gasteiger partial charge in [0.2, 0.25) is 0 Å². The summed E-state index contributed by atoms with van der Waals surface area (Å²) in [4.78, 5) is 0. The SMILES string of the molecule is CC12CCCCC1CC(=C1CC1)CC2. The lowest BCUT2D eigenvalue weighted by molar-refractivity contribution is 0.0848. The van der Waals surface area contributed by atoms with Gasteiger partial charge in [0.05, 0.1) is 0 Å². The number of rotatable bonds is 0. The van der Waals surface area contributed by atoms with Gasteiger partial charge >= 0.3 is 0 Å². The second kappa shape index (κ2) is 3.12. The second-order valence-electron chi connectivity index (χ2n) is 6.01. The van der Waals surface area contributed by atoms with E-state index in [1.54, 1.807) is 0 Å². The first-order chi connectivity index (χ1) is 6.78. The molecule has 3 saturated carbocycles. The fraction of sp³-hybridized carbons (Fsp3) is 0.857. The molecule has 14 heavy (non-hydrogen) atoms. The summed E-state index contributed by atoms with van der Waals surface area (Å²) < 4.78 is 0. The smallest absolute Gasteiger partial charge is 0.0280 e. The molecular formula is C14H22. The third kappa shape index (κ3) is 1.43. The molecule has 0 radical (unpaired) electrons. The largest absolute Gasteiger partial charge is 0.0707 e. The van der Waals surface area contributed by atoms with Gasteiger partial charge in [0, 0.05) is 0 Å². The van der Waals surface area contributed by atoms with Crippen molar-refractivity contribution in [3.8, 4) is 0 Å². The summed E-state index contributed by atoms with van der Waals surface area (Å²) in [6, 6.07) is 0. The Kier molecular flexibility index (Phi) is 2.00. The van der Waals surface area contributed by atoms with Crippen LogP contribution in [0.2, 0.25) is 0 Å². The molecule has 0 aliphatic heterocycles. The van der Waals surface area contributed by atoms with Crippen molar-refractivity contribution in [1.82, 2.24) is 0 Å². The van der Waals surface area contributed by atoms with Gasteiger partial charge in [0.25, 0.3) is 0 Å². The van der Waals surface area contributed by atoms with E-state index in [-0.39, 0.29) is 0 Å².